The Bertz CT molecular complexity index is 1260. The average Bonchev–Trinajstić information content (AvgIpc) is 2.86. The van der Waals surface area contributed by atoms with Gasteiger partial charge in [0.05, 0.1) is 24.3 Å². The molecule has 3 aromatic carbocycles. The van der Waals surface area contributed by atoms with Crippen LogP contribution in [0.4, 0.5) is 0 Å². The van der Waals surface area contributed by atoms with Crippen LogP contribution in [0.25, 0.3) is 6.08 Å². The SMILES string of the molecule is COc1ccc(CNC(=O)/C(C#N)=C/c2cc(Cl)c(OCc3ccc(Cl)cc3)c(Cl)c2)c(OC)c1. The van der Waals surface area contributed by atoms with Gasteiger partial charge >= 0.3 is 0 Å². The number of rotatable bonds is 9. The highest BCUT2D eigenvalue weighted by Crippen LogP contribution is 2.35. The van der Waals surface area contributed by atoms with Crippen LogP contribution in [0, 0.1) is 11.3 Å². The van der Waals surface area contributed by atoms with Gasteiger partial charge in [-0.15, -0.1) is 0 Å². The van der Waals surface area contributed by atoms with Gasteiger partial charge in [0, 0.05) is 23.2 Å². The maximum Gasteiger partial charge on any atom is 0.262 e. The highest BCUT2D eigenvalue weighted by Gasteiger charge is 2.14. The zero-order valence-corrected chi connectivity index (χ0v) is 21.2. The minimum absolute atomic E-state index is 0.112. The molecule has 0 fully saturated rings. The molecule has 0 bridgehead atoms. The molecule has 0 aliphatic carbocycles. The standard InChI is InChI=1S/C26H21Cl3N2O4/c1-33-21-8-5-18(24(12-21)34-2)14-31-26(32)19(13-30)9-17-10-22(28)25(23(29)11-17)35-15-16-3-6-20(27)7-4-16/h3-12H,14-15H2,1-2H3,(H,31,32)/b19-9+. The van der Waals surface area contributed by atoms with Crippen molar-refractivity contribution < 1.29 is 19.0 Å². The molecular weight excluding hydrogens is 511 g/mol. The van der Waals surface area contributed by atoms with E-state index in [-0.39, 0.29) is 28.8 Å². The predicted octanol–water partition coefficient (Wildman–Crippen LogP) is 6.47. The van der Waals surface area contributed by atoms with Crippen LogP contribution in [0.5, 0.6) is 17.2 Å². The van der Waals surface area contributed by atoms with E-state index < -0.39 is 5.91 Å². The number of amides is 1. The average molecular weight is 532 g/mol. The molecule has 180 valence electrons. The molecule has 0 radical (unpaired) electrons. The number of carbonyl (C=O) groups excluding carboxylic acids is 1. The first-order chi connectivity index (χ1) is 16.8. The lowest BCUT2D eigenvalue weighted by molar-refractivity contribution is -0.117. The van der Waals surface area contributed by atoms with Crippen molar-refractivity contribution in [2.24, 2.45) is 0 Å². The molecule has 0 spiro atoms. The summed E-state index contributed by atoms with van der Waals surface area (Å²) in [5.74, 6) is 0.930. The molecule has 0 aliphatic heterocycles. The highest BCUT2D eigenvalue weighted by molar-refractivity contribution is 6.37. The second-order valence-electron chi connectivity index (χ2n) is 7.26. The van der Waals surface area contributed by atoms with E-state index in [1.807, 2.05) is 18.2 Å². The number of nitrogens with one attached hydrogen (secondary N) is 1. The fraction of sp³-hybridized carbons (Fsp3) is 0.154. The van der Waals surface area contributed by atoms with Gasteiger partial charge in [-0.05, 0) is 53.6 Å². The Balaban J connectivity index is 1.71. The van der Waals surface area contributed by atoms with Crippen molar-refractivity contribution in [1.82, 2.24) is 5.32 Å². The molecule has 0 saturated carbocycles. The zero-order chi connectivity index (χ0) is 25.4. The number of ether oxygens (including phenoxy) is 3. The first-order valence-corrected chi connectivity index (χ1v) is 11.4. The Morgan fingerprint density at radius 2 is 1.69 bits per heavy atom. The number of halogens is 3. The van der Waals surface area contributed by atoms with Crippen LogP contribution in [0.15, 0.2) is 60.2 Å². The number of benzene rings is 3. The minimum atomic E-state index is -0.555. The Kier molecular flexibility index (Phi) is 9.27. The second-order valence-corrected chi connectivity index (χ2v) is 8.51. The first kappa shape index (κ1) is 26.2. The summed E-state index contributed by atoms with van der Waals surface area (Å²) in [5, 5.41) is 13.4. The van der Waals surface area contributed by atoms with E-state index in [4.69, 9.17) is 49.0 Å². The Hall–Kier alpha value is -3.37. The number of hydrogen-bond donors (Lipinski definition) is 1. The summed E-state index contributed by atoms with van der Waals surface area (Å²) in [6, 6.07) is 17.5. The molecular formula is C26H21Cl3N2O4. The molecule has 1 amide bonds. The van der Waals surface area contributed by atoms with Crippen LogP contribution >= 0.6 is 34.8 Å². The fourth-order valence-corrected chi connectivity index (χ4v) is 3.86. The fourth-order valence-electron chi connectivity index (χ4n) is 3.12. The molecule has 1 N–H and O–H groups in total. The maximum atomic E-state index is 12.6. The highest BCUT2D eigenvalue weighted by atomic mass is 35.5. The topological polar surface area (TPSA) is 80.6 Å². The molecule has 3 aromatic rings. The monoisotopic (exact) mass is 530 g/mol. The molecule has 0 heterocycles. The van der Waals surface area contributed by atoms with Crippen molar-refractivity contribution in [3.8, 4) is 23.3 Å². The summed E-state index contributed by atoms with van der Waals surface area (Å²) in [6.07, 6.45) is 1.40. The van der Waals surface area contributed by atoms with Crippen LogP contribution in [-0.4, -0.2) is 20.1 Å². The summed E-state index contributed by atoms with van der Waals surface area (Å²) < 4.78 is 16.3. The maximum absolute atomic E-state index is 12.6. The van der Waals surface area contributed by atoms with E-state index in [1.165, 1.54) is 13.2 Å². The molecule has 0 atom stereocenters. The smallest absolute Gasteiger partial charge is 0.262 e. The van der Waals surface area contributed by atoms with E-state index >= 15 is 0 Å². The lowest BCUT2D eigenvalue weighted by Gasteiger charge is -2.12. The third-order valence-electron chi connectivity index (χ3n) is 4.93. The third kappa shape index (κ3) is 7.06. The van der Waals surface area contributed by atoms with Crippen LogP contribution in [0.1, 0.15) is 16.7 Å². The second kappa shape index (κ2) is 12.4. The summed E-state index contributed by atoms with van der Waals surface area (Å²) >= 11 is 18.6. The molecule has 0 aromatic heterocycles. The van der Waals surface area contributed by atoms with Crippen molar-refractivity contribution >= 4 is 46.8 Å². The number of nitriles is 1. The van der Waals surface area contributed by atoms with Crippen molar-refractivity contribution in [3.63, 3.8) is 0 Å². The van der Waals surface area contributed by atoms with Crippen LogP contribution in [0.2, 0.25) is 15.1 Å². The lowest BCUT2D eigenvalue weighted by atomic mass is 10.1. The van der Waals surface area contributed by atoms with Gasteiger partial charge in [-0.1, -0.05) is 46.9 Å². The number of methoxy groups -OCH3 is 2. The van der Waals surface area contributed by atoms with E-state index in [9.17, 15) is 10.1 Å². The van der Waals surface area contributed by atoms with Crippen molar-refractivity contribution in [3.05, 3.63) is 91.9 Å². The van der Waals surface area contributed by atoms with Gasteiger partial charge in [0.1, 0.15) is 29.7 Å². The molecule has 0 saturated heterocycles. The third-order valence-corrected chi connectivity index (χ3v) is 5.74. The lowest BCUT2D eigenvalue weighted by Crippen LogP contribution is -2.24. The summed E-state index contributed by atoms with van der Waals surface area (Å²) in [5.41, 5.74) is 1.99. The number of nitrogens with zero attached hydrogens (tertiary/aromatic N) is 1. The van der Waals surface area contributed by atoms with E-state index in [2.05, 4.69) is 5.32 Å². The number of hydrogen-bond acceptors (Lipinski definition) is 5. The van der Waals surface area contributed by atoms with Crippen LogP contribution in [-0.2, 0) is 17.9 Å². The van der Waals surface area contributed by atoms with Gasteiger partial charge in [0.2, 0.25) is 0 Å². The number of carbonyl (C=O) groups is 1. The summed E-state index contributed by atoms with van der Waals surface area (Å²) in [4.78, 5) is 12.6. The molecule has 9 heteroatoms. The summed E-state index contributed by atoms with van der Waals surface area (Å²) in [7, 11) is 3.08. The van der Waals surface area contributed by atoms with E-state index in [1.54, 1.807) is 49.6 Å². The molecule has 35 heavy (non-hydrogen) atoms. The normalized spacial score (nSPS) is 10.9. The van der Waals surface area contributed by atoms with Gasteiger partial charge in [-0.25, -0.2) is 0 Å². The molecule has 0 aliphatic rings. The largest absolute Gasteiger partial charge is 0.497 e. The van der Waals surface area contributed by atoms with Crippen LogP contribution < -0.4 is 19.5 Å². The molecule has 3 rings (SSSR count). The zero-order valence-electron chi connectivity index (χ0n) is 18.9. The molecule has 6 nitrogen and oxygen atoms in total. The minimum Gasteiger partial charge on any atom is -0.497 e. The van der Waals surface area contributed by atoms with Crippen molar-refractivity contribution in [2.45, 2.75) is 13.2 Å². The summed E-state index contributed by atoms with van der Waals surface area (Å²) in [6.45, 7) is 0.399. The van der Waals surface area contributed by atoms with Crippen LogP contribution in [0.3, 0.4) is 0 Å². The first-order valence-electron chi connectivity index (χ1n) is 10.3. The molecule has 0 unspecified atom stereocenters. The van der Waals surface area contributed by atoms with Crippen molar-refractivity contribution in [1.29, 1.82) is 5.26 Å². The predicted molar refractivity (Wildman–Crippen MR) is 137 cm³/mol. The van der Waals surface area contributed by atoms with E-state index in [0.29, 0.717) is 27.8 Å². The van der Waals surface area contributed by atoms with Gasteiger partial charge < -0.3 is 19.5 Å². The quantitative estimate of drug-likeness (QED) is 0.253. The van der Waals surface area contributed by atoms with Gasteiger partial charge in [0.25, 0.3) is 5.91 Å². The Morgan fingerprint density at radius 1 is 1.00 bits per heavy atom. The van der Waals surface area contributed by atoms with Crippen molar-refractivity contribution in [2.75, 3.05) is 14.2 Å². The van der Waals surface area contributed by atoms with Gasteiger partial charge in [-0.3, -0.25) is 4.79 Å². The van der Waals surface area contributed by atoms with Gasteiger partial charge in [0.15, 0.2) is 5.75 Å². The van der Waals surface area contributed by atoms with E-state index in [0.717, 1.165) is 11.1 Å². The van der Waals surface area contributed by atoms with Gasteiger partial charge in [-0.2, -0.15) is 5.26 Å². The Labute approximate surface area is 218 Å². The Morgan fingerprint density at radius 3 is 2.29 bits per heavy atom.